The van der Waals surface area contributed by atoms with Gasteiger partial charge >= 0.3 is 0 Å². The van der Waals surface area contributed by atoms with Crippen LogP contribution in [0.15, 0.2) is 42.5 Å². The lowest BCUT2D eigenvalue weighted by Crippen LogP contribution is -2.46. The van der Waals surface area contributed by atoms with Gasteiger partial charge in [-0.1, -0.05) is 23.7 Å². The van der Waals surface area contributed by atoms with E-state index in [4.69, 9.17) is 16.3 Å². The molecule has 0 aliphatic carbocycles. The standard InChI is InChI=1S/C19H20ClN3O4/c1-3-22-12-14(27-18-7-5-4-6-17(18)22)11-21(2)19(24)15-9-8-13(23(25)26)10-16(15)20/h4-10,14H,3,11-12H2,1-2H3/t14-/m0/s1. The van der Waals surface area contributed by atoms with Gasteiger partial charge in [-0.05, 0) is 25.1 Å². The molecule has 1 aliphatic heterocycles. The Morgan fingerprint density at radius 1 is 1.37 bits per heavy atom. The van der Waals surface area contributed by atoms with E-state index in [1.54, 1.807) is 7.05 Å². The maximum Gasteiger partial charge on any atom is 0.270 e. The van der Waals surface area contributed by atoms with Gasteiger partial charge in [0, 0.05) is 25.7 Å². The molecule has 0 unspecified atom stereocenters. The average molecular weight is 390 g/mol. The third-order valence-electron chi connectivity index (χ3n) is 4.52. The van der Waals surface area contributed by atoms with Crippen LogP contribution in [0.4, 0.5) is 11.4 Å². The molecule has 1 aliphatic rings. The summed E-state index contributed by atoms with van der Waals surface area (Å²) < 4.78 is 6.04. The van der Waals surface area contributed by atoms with Crippen molar-refractivity contribution in [3.63, 3.8) is 0 Å². The second kappa shape index (κ2) is 7.84. The van der Waals surface area contributed by atoms with Gasteiger partial charge in [0.1, 0.15) is 11.9 Å². The molecule has 8 heteroatoms. The molecule has 3 rings (SSSR count). The topological polar surface area (TPSA) is 75.9 Å². The van der Waals surface area contributed by atoms with Crippen molar-refractivity contribution in [3.8, 4) is 5.75 Å². The van der Waals surface area contributed by atoms with Crippen molar-refractivity contribution in [1.29, 1.82) is 0 Å². The summed E-state index contributed by atoms with van der Waals surface area (Å²) in [4.78, 5) is 26.7. The van der Waals surface area contributed by atoms with Crippen LogP contribution >= 0.6 is 11.6 Å². The molecule has 2 aromatic carbocycles. The predicted molar refractivity (Wildman–Crippen MR) is 104 cm³/mol. The first kappa shape index (κ1) is 19.0. The van der Waals surface area contributed by atoms with Gasteiger partial charge < -0.3 is 14.5 Å². The number of hydrogen-bond donors (Lipinski definition) is 0. The van der Waals surface area contributed by atoms with Crippen LogP contribution in [0, 0.1) is 10.1 Å². The molecule has 0 spiro atoms. The van der Waals surface area contributed by atoms with Crippen molar-refractivity contribution in [2.45, 2.75) is 13.0 Å². The quantitative estimate of drug-likeness (QED) is 0.576. The Kier molecular flexibility index (Phi) is 5.51. The van der Waals surface area contributed by atoms with E-state index in [-0.39, 0.29) is 28.3 Å². The van der Waals surface area contributed by atoms with E-state index in [1.165, 1.54) is 23.1 Å². The van der Waals surface area contributed by atoms with E-state index in [0.717, 1.165) is 18.0 Å². The first-order valence-corrected chi connectivity index (χ1v) is 8.98. The molecule has 0 N–H and O–H groups in total. The lowest BCUT2D eigenvalue weighted by Gasteiger charge is -2.37. The van der Waals surface area contributed by atoms with Crippen LogP contribution in [0.2, 0.25) is 5.02 Å². The predicted octanol–water partition coefficient (Wildman–Crippen LogP) is 3.61. The molecular weight excluding hydrogens is 370 g/mol. The highest BCUT2D eigenvalue weighted by atomic mass is 35.5. The molecule has 1 heterocycles. The van der Waals surface area contributed by atoms with E-state index in [9.17, 15) is 14.9 Å². The van der Waals surface area contributed by atoms with Crippen LogP contribution in [-0.2, 0) is 0 Å². The Balaban J connectivity index is 1.73. The van der Waals surface area contributed by atoms with E-state index in [0.29, 0.717) is 13.1 Å². The molecule has 1 atom stereocenters. The van der Waals surface area contributed by atoms with Crippen molar-refractivity contribution >= 4 is 28.9 Å². The van der Waals surface area contributed by atoms with Crippen molar-refractivity contribution in [2.24, 2.45) is 0 Å². The Hall–Kier alpha value is -2.80. The van der Waals surface area contributed by atoms with Crippen LogP contribution in [0.3, 0.4) is 0 Å². The van der Waals surface area contributed by atoms with E-state index < -0.39 is 4.92 Å². The number of nitro groups is 1. The van der Waals surface area contributed by atoms with Crippen LogP contribution in [0.1, 0.15) is 17.3 Å². The van der Waals surface area contributed by atoms with Crippen LogP contribution in [0.5, 0.6) is 5.75 Å². The second-order valence-corrected chi connectivity index (χ2v) is 6.76. The molecule has 1 amide bonds. The van der Waals surface area contributed by atoms with Gasteiger partial charge in [0.25, 0.3) is 11.6 Å². The number of nitrogens with zero attached hydrogens (tertiary/aromatic N) is 3. The van der Waals surface area contributed by atoms with Crippen molar-refractivity contribution in [3.05, 3.63) is 63.2 Å². The Bertz CT molecular complexity index is 874. The highest BCUT2D eigenvalue weighted by molar-refractivity contribution is 6.34. The molecule has 0 saturated carbocycles. The number of rotatable bonds is 5. The molecule has 0 bridgehead atoms. The van der Waals surface area contributed by atoms with Gasteiger partial charge in [-0.2, -0.15) is 0 Å². The number of amides is 1. The summed E-state index contributed by atoms with van der Waals surface area (Å²) in [5.74, 6) is 0.491. The van der Waals surface area contributed by atoms with Gasteiger partial charge in [-0.25, -0.2) is 0 Å². The normalized spacial score (nSPS) is 15.7. The fraction of sp³-hybridized carbons (Fsp3) is 0.316. The zero-order valence-electron chi connectivity index (χ0n) is 15.1. The molecular formula is C19H20ClN3O4. The Labute approximate surface area is 162 Å². The maximum atomic E-state index is 12.7. The molecule has 142 valence electrons. The van der Waals surface area contributed by atoms with Crippen molar-refractivity contribution in [1.82, 2.24) is 4.90 Å². The minimum atomic E-state index is -0.545. The molecule has 0 aromatic heterocycles. The summed E-state index contributed by atoms with van der Waals surface area (Å²) in [7, 11) is 1.67. The summed E-state index contributed by atoms with van der Waals surface area (Å²) in [6.45, 7) is 3.95. The number of para-hydroxylation sites is 2. The first-order chi connectivity index (χ1) is 12.9. The summed E-state index contributed by atoms with van der Waals surface area (Å²) in [5, 5.41) is 10.9. The number of halogens is 1. The Morgan fingerprint density at radius 2 is 2.11 bits per heavy atom. The molecule has 2 aromatic rings. The minimum Gasteiger partial charge on any atom is -0.485 e. The fourth-order valence-corrected chi connectivity index (χ4v) is 3.41. The maximum absolute atomic E-state index is 12.7. The van der Waals surface area contributed by atoms with Crippen molar-refractivity contribution < 1.29 is 14.5 Å². The number of likely N-dealkylation sites (N-methyl/N-ethyl adjacent to an activating group) is 2. The smallest absolute Gasteiger partial charge is 0.270 e. The van der Waals surface area contributed by atoms with Crippen LogP contribution in [0.25, 0.3) is 0 Å². The largest absolute Gasteiger partial charge is 0.485 e. The van der Waals surface area contributed by atoms with E-state index in [1.807, 2.05) is 24.3 Å². The molecule has 7 nitrogen and oxygen atoms in total. The second-order valence-electron chi connectivity index (χ2n) is 6.35. The third kappa shape index (κ3) is 3.98. The summed E-state index contributed by atoms with van der Waals surface area (Å²) in [5.41, 5.74) is 1.13. The number of non-ortho nitro benzene ring substituents is 1. The summed E-state index contributed by atoms with van der Waals surface area (Å²) in [6.07, 6.45) is -0.189. The molecule has 0 fully saturated rings. The molecule has 27 heavy (non-hydrogen) atoms. The Morgan fingerprint density at radius 3 is 2.78 bits per heavy atom. The summed E-state index contributed by atoms with van der Waals surface area (Å²) in [6, 6.07) is 11.7. The van der Waals surface area contributed by atoms with Gasteiger partial charge in [0.15, 0.2) is 0 Å². The number of benzene rings is 2. The molecule has 0 saturated heterocycles. The van der Waals surface area contributed by atoms with E-state index in [2.05, 4.69) is 11.8 Å². The highest BCUT2D eigenvalue weighted by Crippen LogP contribution is 2.33. The highest BCUT2D eigenvalue weighted by Gasteiger charge is 2.27. The first-order valence-electron chi connectivity index (χ1n) is 8.60. The van der Waals surface area contributed by atoms with Crippen LogP contribution in [-0.4, -0.2) is 48.5 Å². The molecule has 0 radical (unpaired) electrons. The van der Waals surface area contributed by atoms with Crippen LogP contribution < -0.4 is 9.64 Å². The SMILES string of the molecule is CCN1C[C@H](CN(C)C(=O)c2ccc([N+](=O)[O-])cc2Cl)Oc2ccccc21. The van der Waals surface area contributed by atoms with Gasteiger partial charge in [0.2, 0.25) is 0 Å². The minimum absolute atomic E-state index is 0.0612. The van der Waals surface area contributed by atoms with E-state index >= 15 is 0 Å². The lowest BCUT2D eigenvalue weighted by atomic mass is 10.1. The lowest BCUT2D eigenvalue weighted by molar-refractivity contribution is -0.384. The van der Waals surface area contributed by atoms with Gasteiger partial charge in [0.05, 0.1) is 34.3 Å². The number of nitro benzene ring substituents is 1. The monoisotopic (exact) mass is 389 g/mol. The van der Waals surface area contributed by atoms with Gasteiger partial charge in [-0.3, -0.25) is 14.9 Å². The third-order valence-corrected chi connectivity index (χ3v) is 4.84. The fourth-order valence-electron chi connectivity index (χ4n) is 3.16. The van der Waals surface area contributed by atoms with Crippen molar-refractivity contribution in [2.75, 3.05) is 31.6 Å². The zero-order chi connectivity index (χ0) is 19.6. The number of fused-ring (bicyclic) bond motifs is 1. The number of ether oxygens (including phenoxy) is 1. The summed E-state index contributed by atoms with van der Waals surface area (Å²) >= 11 is 6.08. The average Bonchev–Trinajstić information content (AvgIpc) is 2.66. The van der Waals surface area contributed by atoms with Gasteiger partial charge in [-0.15, -0.1) is 0 Å². The number of carbonyl (C=O) groups is 1. The number of hydrogen-bond acceptors (Lipinski definition) is 5. The number of carbonyl (C=O) groups excluding carboxylic acids is 1. The zero-order valence-corrected chi connectivity index (χ0v) is 15.8. The number of anilines is 1.